The number of esters is 2. The summed E-state index contributed by atoms with van der Waals surface area (Å²) >= 11 is 0. The largest absolute Gasteiger partial charge is 0.544 e. The Balaban J connectivity index is 4.33. The molecule has 8 heteroatoms. The predicted molar refractivity (Wildman–Crippen MR) is 245 cm³/mol. The van der Waals surface area contributed by atoms with Crippen LogP contribution in [0, 0.1) is 0 Å². The Morgan fingerprint density at radius 3 is 1.41 bits per heavy atom. The number of unbranched alkanes of at least 4 members (excludes halogenated alkanes) is 18. The summed E-state index contributed by atoms with van der Waals surface area (Å²) < 4.78 is 17.2. The number of carbonyl (C=O) groups excluding carboxylic acids is 3. The molecule has 0 aromatic rings. The summed E-state index contributed by atoms with van der Waals surface area (Å²) in [5, 5.41) is 11.6. The molecule has 340 valence electrons. The van der Waals surface area contributed by atoms with E-state index in [1.165, 1.54) is 77.0 Å². The van der Waals surface area contributed by atoms with Crippen molar-refractivity contribution in [1.82, 2.24) is 0 Å². The second kappa shape index (κ2) is 41.8. The van der Waals surface area contributed by atoms with Gasteiger partial charge in [0.15, 0.2) is 6.10 Å². The molecule has 0 amide bonds. The van der Waals surface area contributed by atoms with Crippen molar-refractivity contribution in [3.8, 4) is 0 Å². The van der Waals surface area contributed by atoms with E-state index in [1.807, 2.05) is 0 Å². The summed E-state index contributed by atoms with van der Waals surface area (Å²) in [4.78, 5) is 36.9. The van der Waals surface area contributed by atoms with Crippen molar-refractivity contribution in [1.29, 1.82) is 0 Å². The van der Waals surface area contributed by atoms with Gasteiger partial charge in [-0.2, -0.15) is 0 Å². The molecule has 0 saturated carbocycles. The summed E-state index contributed by atoms with van der Waals surface area (Å²) in [6.45, 7) is 4.52. The van der Waals surface area contributed by atoms with E-state index in [9.17, 15) is 19.5 Å². The number of likely N-dealkylation sites (N-methyl/N-ethyl adjacent to an activating group) is 1. The number of aliphatic carboxylic acids is 1. The molecule has 0 saturated heterocycles. The van der Waals surface area contributed by atoms with Gasteiger partial charge in [-0.15, -0.1) is 0 Å². The Labute approximate surface area is 362 Å². The first-order valence-electron chi connectivity index (χ1n) is 23.8. The molecule has 0 N–H and O–H groups in total. The van der Waals surface area contributed by atoms with Gasteiger partial charge in [-0.05, 0) is 77.0 Å². The monoisotopic (exact) mass is 828 g/mol. The predicted octanol–water partition coefficient (Wildman–Crippen LogP) is 12.0. The van der Waals surface area contributed by atoms with Gasteiger partial charge >= 0.3 is 11.9 Å². The summed E-state index contributed by atoms with van der Waals surface area (Å²) in [7, 11) is 5.40. The smallest absolute Gasteiger partial charge is 0.306 e. The first kappa shape index (κ1) is 56.0. The van der Waals surface area contributed by atoms with Crippen LogP contribution in [0.3, 0.4) is 0 Å². The van der Waals surface area contributed by atoms with Crippen molar-refractivity contribution in [2.45, 2.75) is 206 Å². The molecule has 0 aliphatic heterocycles. The van der Waals surface area contributed by atoms with E-state index in [4.69, 9.17) is 14.2 Å². The van der Waals surface area contributed by atoms with Gasteiger partial charge in [-0.1, -0.05) is 158 Å². The van der Waals surface area contributed by atoms with Gasteiger partial charge in [0.05, 0.1) is 40.3 Å². The normalized spacial score (nSPS) is 13.4. The zero-order valence-corrected chi connectivity index (χ0v) is 38.7. The van der Waals surface area contributed by atoms with Crippen molar-refractivity contribution in [3.05, 3.63) is 60.8 Å². The van der Waals surface area contributed by atoms with Crippen LogP contribution < -0.4 is 5.11 Å². The molecule has 2 atom stereocenters. The standard InChI is InChI=1S/C51H89NO7/c1-6-8-10-12-14-16-18-20-22-24-26-27-29-31-33-35-37-39-41-49(53)58-46-47(45-57-44-43-48(51(55)56)52(3,4)5)59-50(54)42-40-38-36-34-32-30-28-25-23-21-19-17-15-13-11-9-7-2/h9,11,15-18,21-24,47-48H,6-8,10,12-14,19-20,25-46H2,1-5H3/b11-9-,17-15-,18-16-,23-21-,24-22-. The zero-order chi connectivity index (χ0) is 43.5. The number of carboxylic acid groups (broad SMARTS) is 1. The number of carboxylic acids is 1. The maximum absolute atomic E-state index is 12.7. The number of ether oxygens (including phenoxy) is 3. The van der Waals surface area contributed by atoms with Crippen molar-refractivity contribution in [3.63, 3.8) is 0 Å². The molecule has 59 heavy (non-hydrogen) atoms. The fourth-order valence-corrected chi connectivity index (χ4v) is 6.70. The minimum atomic E-state index is -1.13. The Bertz CT molecular complexity index is 1150. The molecule has 0 radical (unpaired) electrons. The highest BCUT2D eigenvalue weighted by atomic mass is 16.6. The molecular weight excluding hydrogens is 739 g/mol. The SMILES string of the molecule is CC/C=C\C/C=C\C/C=C\CCCCCCCCCC(=O)OC(COCCC(C(=O)[O-])[N+](C)(C)C)COC(=O)CCCCCCCCC/C=C\C/C=C\CCCCCC. The topological polar surface area (TPSA) is 102 Å². The van der Waals surface area contributed by atoms with E-state index < -0.39 is 18.1 Å². The lowest BCUT2D eigenvalue weighted by atomic mass is 10.1. The van der Waals surface area contributed by atoms with E-state index in [2.05, 4.69) is 74.6 Å². The highest BCUT2D eigenvalue weighted by molar-refractivity contribution is 5.70. The Kier molecular flexibility index (Phi) is 39.6. The van der Waals surface area contributed by atoms with Gasteiger partial charge in [0.1, 0.15) is 12.6 Å². The van der Waals surface area contributed by atoms with E-state index in [0.717, 1.165) is 83.5 Å². The molecule has 0 fully saturated rings. The van der Waals surface area contributed by atoms with Crippen LogP contribution in [0.1, 0.15) is 194 Å². The molecule has 0 aromatic carbocycles. The van der Waals surface area contributed by atoms with Crippen molar-refractivity contribution in [2.24, 2.45) is 0 Å². The van der Waals surface area contributed by atoms with E-state index in [-0.39, 0.29) is 42.7 Å². The van der Waals surface area contributed by atoms with Crippen molar-refractivity contribution >= 4 is 17.9 Å². The highest BCUT2D eigenvalue weighted by Crippen LogP contribution is 2.14. The first-order valence-corrected chi connectivity index (χ1v) is 23.8. The molecule has 0 spiro atoms. The third-order valence-corrected chi connectivity index (χ3v) is 10.4. The Morgan fingerprint density at radius 2 is 0.949 bits per heavy atom. The third kappa shape index (κ3) is 40.2. The molecular formula is C51H89NO7. The second-order valence-corrected chi connectivity index (χ2v) is 17.0. The van der Waals surface area contributed by atoms with Crippen LogP contribution in [0.4, 0.5) is 0 Å². The number of hydrogen-bond donors (Lipinski definition) is 0. The number of allylic oxidation sites excluding steroid dienone is 10. The van der Waals surface area contributed by atoms with Gasteiger partial charge in [-0.25, -0.2) is 0 Å². The summed E-state index contributed by atoms with van der Waals surface area (Å²) in [5.41, 5.74) is 0. The number of carbonyl (C=O) groups is 3. The fraction of sp³-hybridized carbons (Fsp3) is 0.745. The summed E-state index contributed by atoms with van der Waals surface area (Å²) in [6, 6.07) is -0.731. The summed E-state index contributed by atoms with van der Waals surface area (Å²) in [5.74, 6) is -1.76. The van der Waals surface area contributed by atoms with E-state index in [1.54, 1.807) is 21.1 Å². The molecule has 8 nitrogen and oxygen atoms in total. The lowest BCUT2D eigenvalue weighted by Gasteiger charge is -2.34. The van der Waals surface area contributed by atoms with Crippen LogP contribution >= 0.6 is 0 Å². The van der Waals surface area contributed by atoms with Crippen molar-refractivity contribution in [2.75, 3.05) is 41.0 Å². The molecule has 0 bridgehead atoms. The van der Waals surface area contributed by atoms with Crippen molar-refractivity contribution < 1.29 is 38.2 Å². The van der Waals surface area contributed by atoms with Crippen LogP contribution in [0.25, 0.3) is 0 Å². The van der Waals surface area contributed by atoms with Crippen LogP contribution in [-0.4, -0.2) is 75.5 Å². The van der Waals surface area contributed by atoms with Gasteiger partial charge in [-0.3, -0.25) is 9.59 Å². The number of rotatable bonds is 42. The van der Waals surface area contributed by atoms with Gasteiger partial charge in [0.2, 0.25) is 0 Å². The van der Waals surface area contributed by atoms with E-state index >= 15 is 0 Å². The van der Waals surface area contributed by atoms with Gasteiger partial charge < -0.3 is 28.6 Å². The highest BCUT2D eigenvalue weighted by Gasteiger charge is 2.25. The van der Waals surface area contributed by atoms with Gasteiger partial charge in [0.25, 0.3) is 0 Å². The first-order chi connectivity index (χ1) is 28.6. The molecule has 0 heterocycles. The quantitative estimate of drug-likeness (QED) is 0.0261. The minimum absolute atomic E-state index is 0.0322. The van der Waals surface area contributed by atoms with Gasteiger partial charge in [0, 0.05) is 19.3 Å². The lowest BCUT2D eigenvalue weighted by Crippen LogP contribution is -2.55. The van der Waals surface area contributed by atoms with Crippen LogP contribution in [0.5, 0.6) is 0 Å². The molecule has 0 aliphatic rings. The third-order valence-electron chi connectivity index (χ3n) is 10.4. The molecule has 2 unspecified atom stereocenters. The van der Waals surface area contributed by atoms with Crippen LogP contribution in [0.15, 0.2) is 60.8 Å². The number of nitrogens with zero attached hydrogens (tertiary/aromatic N) is 1. The Hall–Kier alpha value is -2.97. The lowest BCUT2D eigenvalue weighted by molar-refractivity contribution is -0.889. The zero-order valence-electron chi connectivity index (χ0n) is 38.7. The maximum atomic E-state index is 12.7. The number of hydrogen-bond acceptors (Lipinski definition) is 7. The number of quaternary nitrogens is 1. The van der Waals surface area contributed by atoms with Crippen LogP contribution in [0.2, 0.25) is 0 Å². The molecule has 0 aromatic heterocycles. The molecule has 0 aliphatic carbocycles. The Morgan fingerprint density at radius 1 is 0.525 bits per heavy atom. The molecule has 0 rings (SSSR count). The van der Waals surface area contributed by atoms with Crippen LogP contribution in [-0.2, 0) is 28.6 Å². The van der Waals surface area contributed by atoms with E-state index in [0.29, 0.717) is 12.8 Å². The maximum Gasteiger partial charge on any atom is 0.306 e. The second-order valence-electron chi connectivity index (χ2n) is 17.0. The summed E-state index contributed by atoms with van der Waals surface area (Å²) in [6.07, 6.45) is 51.0. The minimum Gasteiger partial charge on any atom is -0.544 e. The fourth-order valence-electron chi connectivity index (χ4n) is 6.70. The average Bonchev–Trinajstić information content (AvgIpc) is 3.19. The average molecular weight is 828 g/mol.